The topological polar surface area (TPSA) is 98.0 Å². The molecule has 0 radical (unpaired) electrons. The zero-order valence-corrected chi connectivity index (χ0v) is 16.0. The summed E-state index contributed by atoms with van der Waals surface area (Å²) in [6.07, 6.45) is 1.64. The lowest BCUT2D eigenvalue weighted by Crippen LogP contribution is -2.42. The second kappa shape index (κ2) is 7.23. The van der Waals surface area contributed by atoms with Gasteiger partial charge in [0.25, 0.3) is 11.5 Å². The molecule has 0 atom stereocenters. The molecular formula is C21H19N5O3. The molecule has 0 fully saturated rings. The van der Waals surface area contributed by atoms with Crippen LogP contribution in [-0.4, -0.2) is 26.2 Å². The van der Waals surface area contributed by atoms with Gasteiger partial charge in [-0.05, 0) is 12.1 Å². The van der Waals surface area contributed by atoms with Crippen molar-refractivity contribution in [3.8, 4) is 0 Å². The Labute approximate surface area is 165 Å². The van der Waals surface area contributed by atoms with Gasteiger partial charge in [0.05, 0.1) is 23.1 Å². The van der Waals surface area contributed by atoms with Crippen LogP contribution >= 0.6 is 0 Å². The number of benzene rings is 2. The average molecular weight is 389 g/mol. The number of amides is 2. The third kappa shape index (κ3) is 3.36. The summed E-state index contributed by atoms with van der Waals surface area (Å²) >= 11 is 0. The highest BCUT2D eigenvalue weighted by atomic mass is 16.2. The fraction of sp³-hybridized carbons (Fsp3) is 0.143. The largest absolute Gasteiger partial charge is 0.350 e. The monoisotopic (exact) mass is 389 g/mol. The summed E-state index contributed by atoms with van der Waals surface area (Å²) in [5.41, 5.74) is 6.50. The highest BCUT2D eigenvalue weighted by Crippen LogP contribution is 2.20. The quantitative estimate of drug-likeness (QED) is 0.518. The zero-order chi connectivity index (χ0) is 20.5. The number of carbonyl (C=O) groups excluding carboxylic acids is 2. The molecule has 29 heavy (non-hydrogen) atoms. The average Bonchev–Trinajstić information content (AvgIpc) is 3.07. The molecule has 2 aromatic heterocycles. The van der Waals surface area contributed by atoms with Crippen molar-refractivity contribution in [2.45, 2.75) is 6.42 Å². The van der Waals surface area contributed by atoms with Crippen LogP contribution in [0.1, 0.15) is 16.1 Å². The first-order valence-electron chi connectivity index (χ1n) is 9.04. The van der Waals surface area contributed by atoms with Gasteiger partial charge in [-0.3, -0.25) is 25.2 Å². The van der Waals surface area contributed by atoms with E-state index >= 15 is 0 Å². The maximum absolute atomic E-state index is 12.5. The first-order chi connectivity index (χ1) is 14.0. The third-order valence-electron chi connectivity index (χ3n) is 4.82. The number of hydrogen-bond acceptors (Lipinski definition) is 4. The highest BCUT2D eigenvalue weighted by molar-refractivity contribution is 6.07. The second-order valence-electron chi connectivity index (χ2n) is 6.77. The molecule has 0 saturated carbocycles. The SMILES string of the molecule is Cn1nc(CC(=O)NNC(=O)c2cn(C)c3ccccc23)c2ccccc2c1=O. The van der Waals surface area contributed by atoms with E-state index in [1.807, 2.05) is 35.9 Å². The van der Waals surface area contributed by atoms with Crippen LogP contribution in [0.2, 0.25) is 0 Å². The van der Waals surface area contributed by atoms with Crippen molar-refractivity contribution < 1.29 is 9.59 Å². The van der Waals surface area contributed by atoms with E-state index in [1.165, 1.54) is 4.68 Å². The van der Waals surface area contributed by atoms with Crippen molar-refractivity contribution >= 4 is 33.5 Å². The first-order valence-corrected chi connectivity index (χ1v) is 9.04. The van der Waals surface area contributed by atoms with E-state index in [1.54, 1.807) is 37.5 Å². The number of nitrogens with zero attached hydrogens (tertiary/aromatic N) is 3. The van der Waals surface area contributed by atoms with Crippen LogP contribution < -0.4 is 16.4 Å². The van der Waals surface area contributed by atoms with Gasteiger partial charge in [-0.1, -0.05) is 36.4 Å². The summed E-state index contributed by atoms with van der Waals surface area (Å²) in [4.78, 5) is 37.1. The molecule has 146 valence electrons. The standard InChI is InChI=1S/C21H19N5O3/c1-25-12-16(14-8-5-6-10-18(14)25)20(28)23-22-19(27)11-17-13-7-3-4-9-15(13)21(29)26(2)24-17/h3-10,12H,11H2,1-2H3,(H,22,27)(H,23,28). The second-order valence-corrected chi connectivity index (χ2v) is 6.77. The number of hydrazine groups is 1. The molecule has 0 unspecified atom stereocenters. The minimum absolute atomic E-state index is 0.0789. The molecule has 0 bridgehead atoms. The Morgan fingerprint density at radius 2 is 1.59 bits per heavy atom. The lowest BCUT2D eigenvalue weighted by Gasteiger charge is -2.09. The summed E-state index contributed by atoms with van der Waals surface area (Å²) in [5, 5.41) is 6.11. The van der Waals surface area contributed by atoms with E-state index in [9.17, 15) is 14.4 Å². The van der Waals surface area contributed by atoms with Crippen molar-refractivity contribution in [2.75, 3.05) is 0 Å². The smallest absolute Gasteiger partial charge is 0.274 e. The summed E-state index contributed by atoms with van der Waals surface area (Å²) in [5.74, 6) is -0.844. The van der Waals surface area contributed by atoms with Crippen LogP contribution in [0.25, 0.3) is 21.7 Å². The molecule has 4 aromatic rings. The van der Waals surface area contributed by atoms with Gasteiger partial charge in [-0.15, -0.1) is 0 Å². The highest BCUT2D eigenvalue weighted by Gasteiger charge is 2.16. The van der Waals surface area contributed by atoms with E-state index in [4.69, 9.17) is 0 Å². The van der Waals surface area contributed by atoms with E-state index in [0.717, 1.165) is 10.9 Å². The Hall–Kier alpha value is -3.94. The molecular weight excluding hydrogens is 370 g/mol. The molecule has 0 aliphatic rings. The van der Waals surface area contributed by atoms with Crippen molar-refractivity contribution in [1.82, 2.24) is 25.2 Å². The van der Waals surface area contributed by atoms with Crippen LogP contribution in [-0.2, 0) is 25.3 Å². The van der Waals surface area contributed by atoms with Crippen molar-refractivity contribution in [3.63, 3.8) is 0 Å². The van der Waals surface area contributed by atoms with E-state index < -0.39 is 11.8 Å². The molecule has 0 saturated heterocycles. The molecule has 8 heteroatoms. The third-order valence-corrected chi connectivity index (χ3v) is 4.82. The van der Waals surface area contributed by atoms with Crippen LogP contribution in [0.4, 0.5) is 0 Å². The Bertz CT molecular complexity index is 1320. The Balaban J connectivity index is 1.51. The van der Waals surface area contributed by atoms with Gasteiger partial charge in [-0.25, -0.2) is 4.68 Å². The van der Waals surface area contributed by atoms with Gasteiger partial charge in [0.15, 0.2) is 0 Å². The molecule has 8 nitrogen and oxygen atoms in total. The molecule has 2 heterocycles. The molecule has 0 spiro atoms. The minimum atomic E-state index is -0.435. The number of aryl methyl sites for hydroxylation is 2. The van der Waals surface area contributed by atoms with Crippen molar-refractivity contribution in [1.29, 1.82) is 0 Å². The molecule has 2 amide bonds. The maximum Gasteiger partial charge on any atom is 0.274 e. The number of nitrogens with one attached hydrogen (secondary N) is 2. The number of carbonyl (C=O) groups is 2. The van der Waals surface area contributed by atoms with Crippen molar-refractivity contribution in [3.05, 3.63) is 76.3 Å². The Kier molecular flexibility index (Phi) is 4.59. The van der Waals surface area contributed by atoms with Crippen LogP contribution in [0.5, 0.6) is 0 Å². The summed E-state index contributed by atoms with van der Waals surface area (Å²) in [6, 6.07) is 14.5. The number of aromatic nitrogens is 3. The van der Waals surface area contributed by atoms with E-state index in [2.05, 4.69) is 16.0 Å². The van der Waals surface area contributed by atoms with Gasteiger partial charge in [0.1, 0.15) is 0 Å². The Morgan fingerprint density at radius 3 is 2.34 bits per heavy atom. The number of para-hydroxylation sites is 1. The number of rotatable bonds is 3. The first kappa shape index (κ1) is 18.4. The minimum Gasteiger partial charge on any atom is -0.350 e. The Morgan fingerprint density at radius 1 is 0.931 bits per heavy atom. The van der Waals surface area contributed by atoms with E-state index in [-0.39, 0.29) is 12.0 Å². The zero-order valence-electron chi connectivity index (χ0n) is 16.0. The predicted octanol–water partition coefficient (Wildman–Crippen LogP) is 1.43. The van der Waals surface area contributed by atoms with Gasteiger partial charge < -0.3 is 4.57 Å². The molecule has 4 rings (SSSR count). The van der Waals surface area contributed by atoms with Crippen LogP contribution in [0.3, 0.4) is 0 Å². The fourth-order valence-corrected chi connectivity index (χ4v) is 3.42. The van der Waals surface area contributed by atoms with Crippen LogP contribution in [0, 0.1) is 0 Å². The van der Waals surface area contributed by atoms with Gasteiger partial charge in [0, 0.05) is 36.6 Å². The van der Waals surface area contributed by atoms with Gasteiger partial charge in [-0.2, -0.15) is 5.10 Å². The predicted molar refractivity (Wildman–Crippen MR) is 109 cm³/mol. The van der Waals surface area contributed by atoms with E-state index in [0.29, 0.717) is 22.0 Å². The summed E-state index contributed by atoms with van der Waals surface area (Å²) in [7, 11) is 3.40. The van der Waals surface area contributed by atoms with Gasteiger partial charge in [0.2, 0.25) is 5.91 Å². The normalized spacial score (nSPS) is 11.0. The summed E-state index contributed by atoms with van der Waals surface area (Å²) in [6.45, 7) is 0. The molecule has 0 aliphatic carbocycles. The van der Waals surface area contributed by atoms with Crippen molar-refractivity contribution in [2.24, 2.45) is 14.1 Å². The number of hydrogen-bond donors (Lipinski definition) is 2. The molecule has 0 aliphatic heterocycles. The lowest BCUT2D eigenvalue weighted by atomic mass is 10.1. The molecule has 2 N–H and O–H groups in total. The van der Waals surface area contributed by atoms with Crippen LogP contribution in [0.15, 0.2) is 59.5 Å². The fourth-order valence-electron chi connectivity index (χ4n) is 3.42. The van der Waals surface area contributed by atoms with Gasteiger partial charge >= 0.3 is 0 Å². The summed E-state index contributed by atoms with van der Waals surface area (Å²) < 4.78 is 3.06. The lowest BCUT2D eigenvalue weighted by molar-refractivity contribution is -0.121. The molecule has 2 aromatic carbocycles. The number of fused-ring (bicyclic) bond motifs is 2. The maximum atomic E-state index is 12.5.